The van der Waals surface area contributed by atoms with Gasteiger partial charge in [-0.2, -0.15) is 0 Å². The van der Waals surface area contributed by atoms with Gasteiger partial charge in [0.15, 0.2) is 0 Å². The molecule has 134 valence electrons. The molecular weight excluding hydrogens is 434 g/mol. The summed E-state index contributed by atoms with van der Waals surface area (Å²) in [6.07, 6.45) is 0. The Kier molecular flexibility index (Phi) is 5.35. The van der Waals surface area contributed by atoms with Gasteiger partial charge in [-0.3, -0.25) is 14.7 Å². The molecule has 0 N–H and O–H groups in total. The van der Waals surface area contributed by atoms with Gasteiger partial charge in [-0.05, 0) is 50.2 Å². The van der Waals surface area contributed by atoms with Crippen LogP contribution in [0.1, 0.15) is 29.8 Å². The van der Waals surface area contributed by atoms with Gasteiger partial charge in [0.05, 0.1) is 15.1 Å². The molecule has 0 saturated heterocycles. The molecule has 0 radical (unpaired) electrons. The van der Waals surface area contributed by atoms with E-state index in [4.69, 9.17) is 58.6 Å². The van der Waals surface area contributed by atoms with Crippen molar-refractivity contribution in [3.8, 4) is 0 Å². The fourth-order valence-corrected chi connectivity index (χ4v) is 3.94. The normalized spacial score (nSPS) is 16.0. The fraction of sp³-hybridized carbons (Fsp3) is 0.167. The average Bonchev–Trinajstić information content (AvgIpc) is 2.78. The quantitative estimate of drug-likeness (QED) is 0.507. The van der Waals surface area contributed by atoms with Crippen molar-refractivity contribution >= 4 is 75.2 Å². The van der Waals surface area contributed by atoms with Crippen LogP contribution >= 0.6 is 58.6 Å². The fourth-order valence-electron chi connectivity index (χ4n) is 2.68. The molecule has 1 amide bonds. The van der Waals surface area contributed by atoms with Gasteiger partial charge >= 0.3 is 0 Å². The first kappa shape index (κ1) is 19.6. The second-order valence-electron chi connectivity index (χ2n) is 6.15. The Morgan fingerprint density at radius 1 is 1.00 bits per heavy atom. The zero-order valence-corrected chi connectivity index (χ0v) is 17.5. The highest BCUT2D eigenvalue weighted by Crippen LogP contribution is 2.33. The van der Waals surface area contributed by atoms with Crippen LogP contribution in [-0.4, -0.2) is 27.2 Å². The predicted octanol–water partition coefficient (Wildman–Crippen LogP) is 6.31. The van der Waals surface area contributed by atoms with Crippen molar-refractivity contribution in [1.29, 1.82) is 0 Å². The van der Waals surface area contributed by atoms with Crippen molar-refractivity contribution in [2.75, 3.05) is 0 Å². The average molecular weight is 446 g/mol. The summed E-state index contributed by atoms with van der Waals surface area (Å²) < 4.78 is 0. The maximum Gasteiger partial charge on any atom is 0.261 e. The van der Waals surface area contributed by atoms with Crippen molar-refractivity contribution in [3.63, 3.8) is 0 Å². The zero-order chi connectivity index (χ0) is 19.2. The minimum atomic E-state index is -0.876. The van der Waals surface area contributed by atoms with E-state index in [0.29, 0.717) is 36.9 Å². The summed E-state index contributed by atoms with van der Waals surface area (Å²) in [6, 6.07) is 9.73. The molecule has 2 aromatic carbocycles. The molecule has 0 unspecified atom stereocenters. The molecule has 0 atom stereocenters. The largest absolute Gasteiger partial charge is 0.272 e. The summed E-state index contributed by atoms with van der Waals surface area (Å²) in [6.45, 7) is 3.59. The minimum Gasteiger partial charge on any atom is -0.272 e. The van der Waals surface area contributed by atoms with Crippen LogP contribution in [0.3, 0.4) is 0 Å². The van der Waals surface area contributed by atoms with Crippen molar-refractivity contribution in [2.45, 2.75) is 19.5 Å². The molecule has 2 aromatic rings. The van der Waals surface area contributed by atoms with E-state index in [-0.39, 0.29) is 10.9 Å². The molecule has 3 rings (SSSR count). The number of nitrogens with zero attached hydrogens (tertiary/aromatic N) is 2. The predicted molar refractivity (Wildman–Crippen MR) is 112 cm³/mol. The molecule has 0 spiro atoms. The first-order chi connectivity index (χ1) is 12.1. The van der Waals surface area contributed by atoms with E-state index in [9.17, 15) is 4.79 Å². The number of rotatable bonds is 2. The lowest BCUT2D eigenvalue weighted by atomic mass is 10.1. The number of hydrogen-bond acceptors (Lipinski definition) is 3. The van der Waals surface area contributed by atoms with E-state index in [1.165, 1.54) is 11.0 Å². The minimum absolute atomic E-state index is 0.287. The van der Waals surface area contributed by atoms with Gasteiger partial charge in [0.1, 0.15) is 16.4 Å². The number of halogens is 4. The molecule has 1 aliphatic rings. The third-order valence-corrected chi connectivity index (χ3v) is 5.56. The second kappa shape index (κ2) is 7.10. The number of carbonyl (C=O) groups excluding carboxylic acids is 1. The second-order valence-corrected chi connectivity index (χ2v) is 8.20. The van der Waals surface area contributed by atoms with Crippen molar-refractivity contribution in [2.24, 2.45) is 4.99 Å². The number of thiocarbonyl (C=S) groups is 1. The van der Waals surface area contributed by atoms with Crippen LogP contribution in [0.25, 0.3) is 0 Å². The van der Waals surface area contributed by atoms with Gasteiger partial charge in [-0.1, -0.05) is 58.6 Å². The molecular formula is C18H12Cl4N2OS. The molecule has 26 heavy (non-hydrogen) atoms. The van der Waals surface area contributed by atoms with E-state index in [0.717, 1.165) is 0 Å². The number of hydrogen-bond donors (Lipinski definition) is 0. The Labute approximate surface area is 176 Å². The highest BCUT2D eigenvalue weighted by atomic mass is 35.5. The number of aliphatic imine (C=N–C) groups is 1. The lowest BCUT2D eigenvalue weighted by Crippen LogP contribution is -2.46. The van der Waals surface area contributed by atoms with Crippen molar-refractivity contribution in [3.05, 3.63) is 67.6 Å². The summed E-state index contributed by atoms with van der Waals surface area (Å²) in [7, 11) is 0. The lowest BCUT2D eigenvalue weighted by molar-refractivity contribution is 0.0758. The molecule has 1 heterocycles. The van der Waals surface area contributed by atoms with Crippen LogP contribution in [0.15, 0.2) is 41.4 Å². The van der Waals surface area contributed by atoms with Crippen LogP contribution in [0, 0.1) is 0 Å². The summed E-state index contributed by atoms with van der Waals surface area (Å²) in [5, 5.41) is 1.59. The Morgan fingerprint density at radius 2 is 1.69 bits per heavy atom. The Hall–Kier alpha value is -1.17. The standard InChI is InChI=1S/C18H12Cl4N2OS/c1-18(2)23-15(11-5-4-10(19)8-13(11)21)17(26)24(18)16(25)9-3-6-12(20)14(22)7-9/h3-8H,1-2H3. The maximum absolute atomic E-state index is 13.1. The van der Waals surface area contributed by atoms with E-state index in [1.807, 2.05) is 0 Å². The van der Waals surface area contributed by atoms with Gasteiger partial charge < -0.3 is 0 Å². The third-order valence-electron chi connectivity index (χ3n) is 3.89. The Bertz CT molecular complexity index is 972. The smallest absolute Gasteiger partial charge is 0.261 e. The lowest BCUT2D eigenvalue weighted by Gasteiger charge is -2.29. The van der Waals surface area contributed by atoms with Crippen LogP contribution < -0.4 is 0 Å². The van der Waals surface area contributed by atoms with E-state index < -0.39 is 5.66 Å². The number of benzene rings is 2. The van der Waals surface area contributed by atoms with Gasteiger partial charge in [0.25, 0.3) is 5.91 Å². The highest BCUT2D eigenvalue weighted by molar-refractivity contribution is 7.82. The summed E-state index contributed by atoms with van der Waals surface area (Å²) in [5.41, 5.74) is 0.589. The topological polar surface area (TPSA) is 32.7 Å². The van der Waals surface area contributed by atoms with Gasteiger partial charge in [-0.25, -0.2) is 0 Å². The van der Waals surface area contributed by atoms with Gasteiger partial charge in [0, 0.05) is 16.1 Å². The van der Waals surface area contributed by atoms with Gasteiger partial charge in [0.2, 0.25) is 0 Å². The van der Waals surface area contributed by atoms with Crippen LogP contribution in [0.2, 0.25) is 20.1 Å². The molecule has 8 heteroatoms. The molecule has 3 nitrogen and oxygen atoms in total. The SMILES string of the molecule is CC1(C)N=C(c2ccc(Cl)cc2Cl)C(=S)N1C(=O)c1ccc(Cl)c(Cl)c1. The Morgan fingerprint density at radius 3 is 2.31 bits per heavy atom. The molecule has 0 aliphatic carbocycles. The molecule has 0 aromatic heterocycles. The molecule has 0 saturated carbocycles. The summed E-state index contributed by atoms with van der Waals surface area (Å²) in [4.78, 5) is 19.4. The Balaban J connectivity index is 2.01. The van der Waals surface area contributed by atoms with Crippen LogP contribution in [-0.2, 0) is 0 Å². The molecule has 1 aliphatic heterocycles. The van der Waals surface area contributed by atoms with Gasteiger partial charge in [-0.15, -0.1) is 0 Å². The van der Waals surface area contributed by atoms with Crippen LogP contribution in [0.4, 0.5) is 0 Å². The summed E-state index contributed by atoms with van der Waals surface area (Å²) in [5.74, 6) is -0.317. The van der Waals surface area contributed by atoms with Crippen LogP contribution in [0.5, 0.6) is 0 Å². The van der Waals surface area contributed by atoms with Crippen molar-refractivity contribution in [1.82, 2.24) is 4.90 Å². The first-order valence-corrected chi connectivity index (χ1v) is 9.43. The zero-order valence-electron chi connectivity index (χ0n) is 13.7. The van der Waals surface area contributed by atoms with E-state index in [2.05, 4.69) is 4.99 Å². The van der Waals surface area contributed by atoms with Crippen molar-refractivity contribution < 1.29 is 4.79 Å². The highest BCUT2D eigenvalue weighted by Gasteiger charge is 2.42. The number of amides is 1. The monoisotopic (exact) mass is 444 g/mol. The third kappa shape index (κ3) is 3.49. The number of carbonyl (C=O) groups is 1. The van der Waals surface area contributed by atoms with E-state index in [1.54, 1.807) is 44.2 Å². The summed E-state index contributed by atoms with van der Waals surface area (Å²) >= 11 is 29.8. The van der Waals surface area contributed by atoms with E-state index >= 15 is 0 Å². The first-order valence-electron chi connectivity index (χ1n) is 7.51. The maximum atomic E-state index is 13.1. The molecule has 0 fully saturated rings. The molecule has 0 bridgehead atoms.